The number of rotatable bonds is 14. The van der Waals surface area contributed by atoms with Gasteiger partial charge in [-0.1, -0.05) is 84.5 Å². The van der Waals surface area contributed by atoms with E-state index in [0.717, 1.165) is 12.8 Å². The monoisotopic (exact) mass is 300 g/mol. The third-order valence-corrected chi connectivity index (χ3v) is 4.20. The van der Waals surface area contributed by atoms with Crippen LogP contribution < -0.4 is 0 Å². The predicted octanol–water partition coefficient (Wildman–Crippen LogP) is 4.86. The zero-order valence-electron chi connectivity index (χ0n) is 14.4. The van der Waals surface area contributed by atoms with E-state index in [0.29, 0.717) is 12.3 Å². The van der Waals surface area contributed by atoms with Gasteiger partial charge in [-0.25, -0.2) is 4.79 Å². The van der Waals surface area contributed by atoms with Crippen molar-refractivity contribution in [1.82, 2.24) is 0 Å². The van der Waals surface area contributed by atoms with E-state index in [9.17, 15) is 9.90 Å². The van der Waals surface area contributed by atoms with E-state index in [2.05, 4.69) is 18.6 Å². The molecule has 0 fully saturated rings. The highest BCUT2D eigenvalue weighted by molar-refractivity contribution is 5.74. The Morgan fingerprint density at radius 3 is 2.00 bits per heavy atom. The molecule has 0 aromatic rings. The summed E-state index contributed by atoms with van der Waals surface area (Å²) in [5.74, 6) is 0.181. The number of aliphatic hydroxyl groups is 1. The highest BCUT2D eigenvalue weighted by Crippen LogP contribution is 2.18. The van der Waals surface area contributed by atoms with Crippen LogP contribution in [0.3, 0.4) is 0 Å². The highest BCUT2D eigenvalue weighted by atomic mass is 16.5. The molecule has 0 spiro atoms. The van der Waals surface area contributed by atoms with Crippen LogP contribution in [0.2, 0.25) is 0 Å². The summed E-state index contributed by atoms with van der Waals surface area (Å²) in [6, 6.07) is 0. The van der Waals surface area contributed by atoms with E-state index >= 15 is 0 Å². The van der Waals surface area contributed by atoms with E-state index in [-0.39, 0.29) is 0 Å². The molecule has 0 aliphatic rings. The molecule has 0 rings (SSSR count). The van der Waals surface area contributed by atoms with Crippen LogP contribution in [0, 0.1) is 5.92 Å². The van der Waals surface area contributed by atoms with Crippen LogP contribution in [-0.4, -0.2) is 24.3 Å². The number of carbonyl (C=O) groups is 1. The van der Waals surface area contributed by atoms with Crippen molar-refractivity contribution < 1.29 is 14.6 Å². The maximum absolute atomic E-state index is 11.1. The lowest BCUT2D eigenvalue weighted by Crippen LogP contribution is -2.21. The molecule has 3 heteroatoms. The van der Waals surface area contributed by atoms with Gasteiger partial charge in [0.15, 0.2) is 6.10 Å². The van der Waals surface area contributed by atoms with Gasteiger partial charge < -0.3 is 9.84 Å². The van der Waals surface area contributed by atoms with Gasteiger partial charge in [0.25, 0.3) is 0 Å². The van der Waals surface area contributed by atoms with Gasteiger partial charge in [-0.15, -0.1) is 0 Å². The van der Waals surface area contributed by atoms with Crippen molar-refractivity contribution in [2.24, 2.45) is 5.92 Å². The average molecular weight is 300 g/mol. The second-order valence-electron chi connectivity index (χ2n) is 6.34. The molecule has 0 aliphatic heterocycles. The zero-order valence-corrected chi connectivity index (χ0v) is 14.4. The van der Waals surface area contributed by atoms with Crippen molar-refractivity contribution in [2.75, 3.05) is 7.11 Å². The van der Waals surface area contributed by atoms with Gasteiger partial charge in [0.1, 0.15) is 0 Å². The van der Waals surface area contributed by atoms with Gasteiger partial charge in [-0.05, 0) is 12.3 Å². The Morgan fingerprint density at radius 2 is 1.43 bits per heavy atom. The topological polar surface area (TPSA) is 46.5 Å². The van der Waals surface area contributed by atoms with Crippen LogP contribution >= 0.6 is 0 Å². The number of unbranched alkanes of at least 4 members (excludes halogenated alkanes) is 7. The van der Waals surface area contributed by atoms with E-state index in [1.54, 1.807) is 0 Å². The molecule has 1 N–H and O–H groups in total. The van der Waals surface area contributed by atoms with Crippen molar-refractivity contribution in [1.29, 1.82) is 0 Å². The lowest BCUT2D eigenvalue weighted by Gasteiger charge is -2.12. The van der Waals surface area contributed by atoms with Crippen LogP contribution in [0.5, 0.6) is 0 Å². The maximum Gasteiger partial charge on any atom is 0.334 e. The van der Waals surface area contributed by atoms with E-state index in [1.165, 1.54) is 64.9 Å². The predicted molar refractivity (Wildman–Crippen MR) is 88.3 cm³/mol. The SMILES string of the molecule is CCCCCCCCCCC(C)CCCC(O)C(=O)OC. The third-order valence-electron chi connectivity index (χ3n) is 4.20. The Bertz CT molecular complexity index is 241. The molecule has 126 valence electrons. The van der Waals surface area contributed by atoms with E-state index < -0.39 is 12.1 Å². The zero-order chi connectivity index (χ0) is 15.9. The van der Waals surface area contributed by atoms with Crippen LogP contribution in [0.15, 0.2) is 0 Å². The lowest BCUT2D eigenvalue weighted by atomic mass is 9.96. The molecule has 0 saturated heterocycles. The molecule has 0 bridgehead atoms. The Hall–Kier alpha value is -0.570. The molecule has 0 aromatic carbocycles. The first-order chi connectivity index (χ1) is 10.1. The fourth-order valence-corrected chi connectivity index (χ4v) is 2.68. The van der Waals surface area contributed by atoms with Crippen LogP contribution in [0.4, 0.5) is 0 Å². The largest absolute Gasteiger partial charge is 0.467 e. The summed E-state index contributed by atoms with van der Waals surface area (Å²) < 4.78 is 4.51. The maximum atomic E-state index is 11.1. The summed E-state index contributed by atoms with van der Waals surface area (Å²) in [6.45, 7) is 4.53. The molecule has 0 aliphatic carbocycles. The van der Waals surface area contributed by atoms with Gasteiger partial charge in [0, 0.05) is 0 Å². The molecule has 0 amide bonds. The molecule has 2 unspecified atom stereocenters. The first-order valence-electron chi connectivity index (χ1n) is 8.87. The van der Waals surface area contributed by atoms with E-state index in [4.69, 9.17) is 0 Å². The fourth-order valence-electron chi connectivity index (χ4n) is 2.68. The Balaban J connectivity index is 3.34. The molecule has 0 saturated carbocycles. The summed E-state index contributed by atoms with van der Waals surface area (Å²) >= 11 is 0. The highest BCUT2D eigenvalue weighted by Gasteiger charge is 2.14. The number of hydrogen-bond donors (Lipinski definition) is 1. The van der Waals surface area contributed by atoms with Crippen molar-refractivity contribution in [3.8, 4) is 0 Å². The minimum absolute atomic E-state index is 0.509. The number of methoxy groups -OCH3 is 1. The first kappa shape index (κ1) is 20.4. The molecule has 3 nitrogen and oxygen atoms in total. The summed E-state index contributed by atoms with van der Waals surface area (Å²) in [7, 11) is 1.32. The number of hydrogen-bond acceptors (Lipinski definition) is 3. The minimum atomic E-state index is -0.940. The Labute approximate surface area is 131 Å². The van der Waals surface area contributed by atoms with Gasteiger partial charge in [0.05, 0.1) is 7.11 Å². The number of esters is 1. The standard InChI is InChI=1S/C18H36O3/c1-4-5-6-7-8-9-10-11-13-16(2)14-12-15-17(19)18(20)21-3/h16-17,19H,4-15H2,1-3H3. The molecule has 0 aromatic heterocycles. The summed E-state index contributed by atoms with van der Waals surface area (Å²) in [5.41, 5.74) is 0. The average Bonchev–Trinajstić information content (AvgIpc) is 2.48. The summed E-state index contributed by atoms with van der Waals surface area (Å²) in [4.78, 5) is 11.1. The second-order valence-corrected chi connectivity index (χ2v) is 6.34. The van der Waals surface area contributed by atoms with Crippen molar-refractivity contribution in [3.63, 3.8) is 0 Å². The summed E-state index contributed by atoms with van der Waals surface area (Å²) in [5, 5.41) is 9.49. The van der Waals surface area contributed by atoms with Crippen molar-refractivity contribution in [2.45, 2.75) is 97.0 Å². The molecule has 0 radical (unpaired) electrons. The van der Waals surface area contributed by atoms with Gasteiger partial charge in [-0.2, -0.15) is 0 Å². The molecule has 0 heterocycles. The number of ether oxygens (including phenoxy) is 1. The first-order valence-corrected chi connectivity index (χ1v) is 8.87. The smallest absolute Gasteiger partial charge is 0.334 e. The van der Waals surface area contributed by atoms with Crippen molar-refractivity contribution >= 4 is 5.97 Å². The second kappa shape index (κ2) is 14.4. The third kappa shape index (κ3) is 12.9. The van der Waals surface area contributed by atoms with Gasteiger partial charge >= 0.3 is 5.97 Å². The Kier molecular flexibility index (Phi) is 14.0. The minimum Gasteiger partial charge on any atom is -0.467 e. The Morgan fingerprint density at radius 1 is 0.905 bits per heavy atom. The van der Waals surface area contributed by atoms with Gasteiger partial charge in [-0.3, -0.25) is 0 Å². The molecule has 21 heavy (non-hydrogen) atoms. The number of aliphatic hydroxyl groups excluding tert-OH is 1. The fraction of sp³-hybridized carbons (Fsp3) is 0.944. The van der Waals surface area contributed by atoms with Gasteiger partial charge in [0.2, 0.25) is 0 Å². The van der Waals surface area contributed by atoms with Crippen molar-refractivity contribution in [3.05, 3.63) is 0 Å². The summed E-state index contributed by atoms with van der Waals surface area (Å²) in [6.07, 6.45) is 13.8. The number of carbonyl (C=O) groups excluding carboxylic acids is 1. The normalized spacial score (nSPS) is 13.9. The molecule has 2 atom stereocenters. The lowest BCUT2D eigenvalue weighted by molar-refractivity contribution is -0.150. The molecular weight excluding hydrogens is 264 g/mol. The van der Waals surface area contributed by atoms with E-state index in [1.807, 2.05) is 0 Å². The quantitative estimate of drug-likeness (QED) is 0.368. The van der Waals surface area contributed by atoms with Crippen LogP contribution in [0.1, 0.15) is 90.9 Å². The van der Waals surface area contributed by atoms with Crippen LogP contribution in [-0.2, 0) is 9.53 Å². The molecular formula is C18H36O3. The van der Waals surface area contributed by atoms with Crippen LogP contribution in [0.25, 0.3) is 0 Å².